The van der Waals surface area contributed by atoms with E-state index in [0.29, 0.717) is 23.0 Å². The average molecular weight is 453 g/mol. The van der Waals surface area contributed by atoms with Gasteiger partial charge < -0.3 is 9.30 Å². The first-order valence-electron chi connectivity index (χ1n) is 9.04. The van der Waals surface area contributed by atoms with Crippen LogP contribution < -0.4 is 4.80 Å². The van der Waals surface area contributed by atoms with Gasteiger partial charge in [-0.2, -0.15) is 4.99 Å². The molecule has 0 fully saturated rings. The molecule has 0 N–H and O–H groups in total. The lowest BCUT2D eigenvalue weighted by Gasteiger charge is -2.04. The third-order valence-electron chi connectivity index (χ3n) is 4.29. The maximum Gasteiger partial charge on any atom is 0.248 e. The molecule has 0 aliphatic rings. The highest BCUT2D eigenvalue weighted by Gasteiger charge is 2.15. The maximum absolute atomic E-state index is 12.4. The number of amides is 1. The van der Waals surface area contributed by atoms with Crippen molar-refractivity contribution >= 4 is 48.9 Å². The van der Waals surface area contributed by atoms with Crippen molar-refractivity contribution in [1.29, 1.82) is 0 Å². The number of hydrogen-bond acceptors (Lipinski definition) is 5. The van der Waals surface area contributed by atoms with Crippen molar-refractivity contribution in [2.24, 2.45) is 4.99 Å². The number of sulfone groups is 1. The van der Waals surface area contributed by atoms with Crippen molar-refractivity contribution in [1.82, 2.24) is 4.57 Å². The van der Waals surface area contributed by atoms with Gasteiger partial charge in [0.05, 0.1) is 27.5 Å². The first-order chi connectivity index (χ1) is 13.9. The Labute approximate surface area is 178 Å². The number of hydrogen-bond donors (Lipinski definition) is 0. The van der Waals surface area contributed by atoms with Crippen molar-refractivity contribution in [3.05, 3.63) is 58.4 Å². The lowest BCUT2D eigenvalue weighted by molar-refractivity contribution is -0.118. The van der Waals surface area contributed by atoms with Crippen LogP contribution in [0.4, 0.5) is 0 Å². The number of benzene rings is 2. The predicted molar refractivity (Wildman–Crippen MR) is 115 cm³/mol. The summed E-state index contributed by atoms with van der Waals surface area (Å²) in [5.41, 5.74) is 0.926. The highest BCUT2D eigenvalue weighted by atomic mass is 35.5. The number of rotatable bonds is 8. The fourth-order valence-electron chi connectivity index (χ4n) is 2.85. The molecule has 6 nitrogen and oxygen atoms in total. The molecule has 0 unspecified atom stereocenters. The average Bonchev–Trinajstić information content (AvgIpc) is 3.02. The summed E-state index contributed by atoms with van der Waals surface area (Å²) in [4.78, 5) is 17.4. The van der Waals surface area contributed by atoms with Gasteiger partial charge in [-0.05, 0) is 36.8 Å². The van der Waals surface area contributed by atoms with Crippen molar-refractivity contribution in [2.45, 2.75) is 24.3 Å². The highest BCUT2D eigenvalue weighted by molar-refractivity contribution is 7.91. The highest BCUT2D eigenvalue weighted by Crippen LogP contribution is 2.22. The van der Waals surface area contributed by atoms with Crippen LogP contribution in [-0.2, 0) is 25.9 Å². The van der Waals surface area contributed by atoms with E-state index in [4.69, 9.17) is 16.3 Å². The Balaban J connectivity index is 1.75. The normalized spacial score (nSPS) is 12.6. The number of fused-ring (bicyclic) bond motifs is 1. The molecule has 1 amide bonds. The second-order valence-electron chi connectivity index (χ2n) is 6.38. The zero-order chi connectivity index (χ0) is 20.9. The summed E-state index contributed by atoms with van der Waals surface area (Å²) in [6.07, 6.45) is 0.277. The predicted octanol–water partition coefficient (Wildman–Crippen LogP) is 3.68. The molecule has 0 saturated carbocycles. The molecule has 0 atom stereocenters. The summed E-state index contributed by atoms with van der Waals surface area (Å²) < 4.78 is 32.6. The monoisotopic (exact) mass is 452 g/mol. The fraction of sp³-hybridized carbons (Fsp3) is 0.300. The smallest absolute Gasteiger partial charge is 0.248 e. The van der Waals surface area contributed by atoms with E-state index in [1.807, 2.05) is 16.7 Å². The van der Waals surface area contributed by atoms with E-state index in [2.05, 4.69) is 4.99 Å². The van der Waals surface area contributed by atoms with Crippen LogP contribution in [0, 0.1) is 0 Å². The molecule has 3 aromatic rings. The van der Waals surface area contributed by atoms with E-state index in [9.17, 15) is 13.2 Å². The molecule has 0 spiro atoms. The Hall–Kier alpha value is -2.00. The number of methoxy groups -OCH3 is 1. The minimum Gasteiger partial charge on any atom is -0.383 e. The molecule has 0 aliphatic carbocycles. The molecular formula is C20H21ClN2O4S2. The van der Waals surface area contributed by atoms with Crippen LogP contribution in [0.25, 0.3) is 10.2 Å². The van der Waals surface area contributed by atoms with Gasteiger partial charge in [-0.3, -0.25) is 4.79 Å². The molecule has 2 aromatic carbocycles. The van der Waals surface area contributed by atoms with Gasteiger partial charge in [0.1, 0.15) is 0 Å². The van der Waals surface area contributed by atoms with E-state index >= 15 is 0 Å². The van der Waals surface area contributed by atoms with E-state index in [1.165, 1.54) is 11.3 Å². The molecule has 3 rings (SSSR count). The Bertz CT molecular complexity index is 1170. The van der Waals surface area contributed by atoms with Crippen LogP contribution in [0.1, 0.15) is 12.8 Å². The van der Waals surface area contributed by atoms with Crippen LogP contribution in [0.5, 0.6) is 0 Å². The summed E-state index contributed by atoms with van der Waals surface area (Å²) in [6, 6.07) is 13.8. The Kier molecular flexibility index (Phi) is 7.23. The van der Waals surface area contributed by atoms with Crippen LogP contribution in [0.3, 0.4) is 0 Å². The third kappa shape index (κ3) is 5.54. The van der Waals surface area contributed by atoms with Crippen molar-refractivity contribution in [2.75, 3.05) is 19.5 Å². The second kappa shape index (κ2) is 9.67. The van der Waals surface area contributed by atoms with Crippen molar-refractivity contribution in [3.63, 3.8) is 0 Å². The Morgan fingerprint density at radius 3 is 2.69 bits per heavy atom. The van der Waals surface area contributed by atoms with E-state index in [-0.39, 0.29) is 29.4 Å². The molecule has 0 aliphatic heterocycles. The van der Waals surface area contributed by atoms with Gasteiger partial charge in [0.2, 0.25) is 5.91 Å². The van der Waals surface area contributed by atoms with Crippen molar-refractivity contribution < 1.29 is 17.9 Å². The number of halogens is 1. The topological polar surface area (TPSA) is 77.7 Å². The van der Waals surface area contributed by atoms with Gasteiger partial charge in [0.25, 0.3) is 0 Å². The summed E-state index contributed by atoms with van der Waals surface area (Å²) >= 11 is 7.44. The molecule has 1 heterocycles. The molecule has 154 valence electrons. The number of carbonyl (C=O) groups excluding carboxylic acids is 1. The standard InChI is InChI=1S/C20H21ClN2O4S2/c1-27-12-11-23-17-10-9-15(21)14-18(17)28-20(23)22-19(24)8-5-13-29(25,26)16-6-3-2-4-7-16/h2-4,6-7,9-10,14H,5,8,11-13H2,1H3. The van der Waals surface area contributed by atoms with E-state index in [0.717, 1.165) is 10.2 Å². The maximum atomic E-state index is 12.4. The number of carbonyl (C=O) groups is 1. The first kappa shape index (κ1) is 21.7. The largest absolute Gasteiger partial charge is 0.383 e. The lowest BCUT2D eigenvalue weighted by atomic mass is 10.3. The van der Waals surface area contributed by atoms with Gasteiger partial charge in [-0.15, -0.1) is 0 Å². The van der Waals surface area contributed by atoms with Gasteiger partial charge >= 0.3 is 0 Å². The lowest BCUT2D eigenvalue weighted by Crippen LogP contribution is -2.19. The van der Waals surface area contributed by atoms with Crippen molar-refractivity contribution in [3.8, 4) is 0 Å². The van der Waals surface area contributed by atoms with Crippen LogP contribution >= 0.6 is 22.9 Å². The number of aromatic nitrogens is 1. The zero-order valence-electron chi connectivity index (χ0n) is 15.9. The zero-order valence-corrected chi connectivity index (χ0v) is 18.3. The quantitative estimate of drug-likeness (QED) is 0.522. The summed E-state index contributed by atoms with van der Waals surface area (Å²) in [7, 11) is -1.79. The SMILES string of the molecule is COCCn1c(=NC(=O)CCCS(=O)(=O)c2ccccc2)sc2cc(Cl)ccc21. The second-order valence-corrected chi connectivity index (χ2v) is 9.94. The molecule has 0 bridgehead atoms. The van der Waals surface area contributed by atoms with Crippen LogP contribution in [-0.4, -0.2) is 38.4 Å². The molecule has 29 heavy (non-hydrogen) atoms. The minimum atomic E-state index is -3.40. The van der Waals surface area contributed by atoms with Crippen LogP contribution in [0.15, 0.2) is 58.4 Å². The molecular weight excluding hydrogens is 432 g/mol. The minimum absolute atomic E-state index is 0.0609. The molecule has 9 heteroatoms. The first-order valence-corrected chi connectivity index (χ1v) is 11.9. The Morgan fingerprint density at radius 1 is 1.21 bits per heavy atom. The van der Waals surface area contributed by atoms with Gasteiger partial charge in [0, 0.05) is 25.1 Å². The molecule has 0 saturated heterocycles. The third-order valence-corrected chi connectivity index (χ3v) is 7.38. The van der Waals surface area contributed by atoms with Gasteiger partial charge in [0.15, 0.2) is 14.6 Å². The Morgan fingerprint density at radius 2 is 1.97 bits per heavy atom. The van der Waals surface area contributed by atoms with E-state index in [1.54, 1.807) is 43.5 Å². The number of thiazole rings is 1. The number of nitrogens with zero attached hydrogens (tertiary/aromatic N) is 2. The summed E-state index contributed by atoms with van der Waals surface area (Å²) in [5, 5.41) is 0.613. The fourth-order valence-corrected chi connectivity index (χ4v) is 5.53. The van der Waals surface area contributed by atoms with Gasteiger partial charge in [-0.25, -0.2) is 8.42 Å². The van der Waals surface area contributed by atoms with E-state index < -0.39 is 9.84 Å². The van der Waals surface area contributed by atoms with Gasteiger partial charge in [-0.1, -0.05) is 41.1 Å². The molecule has 1 aromatic heterocycles. The molecule has 0 radical (unpaired) electrons. The number of ether oxygens (including phenoxy) is 1. The summed E-state index contributed by atoms with van der Waals surface area (Å²) in [5.74, 6) is -0.443. The summed E-state index contributed by atoms with van der Waals surface area (Å²) in [6.45, 7) is 1.03. The van der Waals surface area contributed by atoms with Crippen LogP contribution in [0.2, 0.25) is 5.02 Å².